The van der Waals surface area contributed by atoms with E-state index in [9.17, 15) is 39.0 Å². The fraction of sp³-hybridized carbons (Fsp3) is 0.500. The van der Waals surface area contributed by atoms with Crippen molar-refractivity contribution in [3.8, 4) is 11.5 Å². The van der Waals surface area contributed by atoms with Crippen molar-refractivity contribution in [2.24, 2.45) is 0 Å². The molecule has 4 amide bonds. The van der Waals surface area contributed by atoms with E-state index in [-0.39, 0.29) is 38.0 Å². The van der Waals surface area contributed by atoms with Crippen LogP contribution in [0.2, 0.25) is 0 Å². The van der Waals surface area contributed by atoms with Crippen LogP contribution in [0.25, 0.3) is 0 Å². The second-order valence-electron chi connectivity index (χ2n) is 18.9. The number of ether oxygens (including phenoxy) is 2. The van der Waals surface area contributed by atoms with Crippen molar-refractivity contribution in [2.45, 2.75) is 168 Å². The molecule has 4 aromatic carbocycles. The largest absolute Gasteiger partial charge is 0.497 e. The molecule has 0 saturated heterocycles. The lowest BCUT2D eigenvalue weighted by molar-refractivity contribution is -0.156. The molecule has 0 aliphatic rings. The average molecular weight is 1020 g/mol. The first-order valence-corrected chi connectivity index (χ1v) is 26.9. The van der Waals surface area contributed by atoms with Crippen molar-refractivity contribution in [3.05, 3.63) is 130 Å². The van der Waals surface area contributed by atoms with Crippen LogP contribution in [0.5, 0.6) is 11.5 Å². The minimum Gasteiger partial charge on any atom is -0.497 e. The highest BCUT2D eigenvalue weighted by atomic mass is 16.5. The maximum Gasteiger partial charge on any atom is 0.394 e. The van der Waals surface area contributed by atoms with E-state index in [1.165, 1.54) is 113 Å². The minimum atomic E-state index is -1.51. The van der Waals surface area contributed by atoms with Gasteiger partial charge in [-0.1, -0.05) is 178 Å². The summed E-state index contributed by atoms with van der Waals surface area (Å²) in [5.74, 6) is -3.92. The van der Waals surface area contributed by atoms with E-state index in [0.717, 1.165) is 42.4 Å². The quantitative estimate of drug-likeness (QED) is 0.0259. The average Bonchev–Trinajstić information content (AvgIpc) is 3.41. The maximum absolute atomic E-state index is 12.6. The Morgan fingerprint density at radius 2 is 0.730 bits per heavy atom. The van der Waals surface area contributed by atoms with Gasteiger partial charge in [0.15, 0.2) is 0 Å². The molecule has 0 atom stereocenters. The number of unbranched alkanes of at least 4 members (excludes halogenated alkanes) is 18. The van der Waals surface area contributed by atoms with E-state index in [0.29, 0.717) is 41.3 Å². The van der Waals surface area contributed by atoms with Crippen molar-refractivity contribution in [1.29, 1.82) is 0 Å². The topological polar surface area (TPSA) is 192 Å². The molecule has 4 rings (SSSR count). The Balaban J connectivity index is 0.000000390. The Labute approximate surface area is 440 Å². The van der Waals surface area contributed by atoms with Crippen LogP contribution in [0.4, 0.5) is 0 Å². The number of hydrogen-bond acceptors (Lipinski definition) is 8. The lowest BCUT2D eigenvalue weighted by Crippen LogP contribution is -2.35. The van der Waals surface area contributed by atoms with Gasteiger partial charge >= 0.3 is 23.8 Å². The predicted octanol–water partition coefficient (Wildman–Crippen LogP) is 11.9. The number of carbonyl (C=O) groups excluding carboxylic acids is 4. The molecule has 0 fully saturated rings. The smallest absolute Gasteiger partial charge is 0.394 e. The fourth-order valence-corrected chi connectivity index (χ4v) is 8.42. The van der Waals surface area contributed by atoms with Gasteiger partial charge in [0.1, 0.15) is 11.5 Å². The molecule has 14 heteroatoms. The molecule has 0 saturated carbocycles. The van der Waals surface area contributed by atoms with Crippen LogP contribution in [0.15, 0.2) is 97.1 Å². The number of carbonyl (C=O) groups is 6. The van der Waals surface area contributed by atoms with Gasteiger partial charge in [-0.25, -0.2) is 9.59 Å². The zero-order valence-corrected chi connectivity index (χ0v) is 44.7. The third kappa shape index (κ3) is 25.3. The van der Waals surface area contributed by atoms with Crippen molar-refractivity contribution in [3.63, 3.8) is 0 Å². The highest BCUT2D eigenvalue weighted by molar-refractivity contribution is 6.31. The molecule has 0 radical (unpaired) electrons. The number of aliphatic carboxylic acids is 2. The van der Waals surface area contributed by atoms with E-state index in [1.54, 1.807) is 111 Å². The van der Waals surface area contributed by atoms with E-state index in [1.807, 2.05) is 0 Å². The number of carboxylic acids is 2. The summed E-state index contributed by atoms with van der Waals surface area (Å²) < 4.78 is 10.3. The number of methoxy groups -OCH3 is 2. The summed E-state index contributed by atoms with van der Waals surface area (Å²) in [4.78, 5) is 75.0. The Kier molecular flexibility index (Phi) is 30.9. The molecule has 0 heterocycles. The highest BCUT2D eigenvalue weighted by Gasteiger charge is 2.23. The van der Waals surface area contributed by atoms with Gasteiger partial charge in [-0.05, 0) is 83.6 Å². The van der Waals surface area contributed by atoms with Crippen LogP contribution in [0.1, 0.15) is 185 Å². The van der Waals surface area contributed by atoms with Gasteiger partial charge in [0.05, 0.1) is 14.2 Å². The summed E-state index contributed by atoms with van der Waals surface area (Å²) in [5.41, 5.74) is 4.04. The summed E-state index contributed by atoms with van der Waals surface area (Å²) in [6, 6.07) is 28.1. The van der Waals surface area contributed by atoms with E-state index < -0.39 is 23.8 Å². The Hall–Kier alpha value is -6.70. The standard InChI is InChI=1S/2C30H42N2O5/c1-3-4-5-6-7-8-9-10-11-12-21-31-28(33)26-17-13-24(14-18-26)22-32(29(34)30(35)36)23-25-15-19-27(37-2)20-16-25;1-3-4-5-6-7-8-9-10-11-12-20-31-28(33)26-15-13-14-25(21-26)23-32(29(34)30(35)36)22-24-16-18-27(37-2)19-17-24/h13-20H,3-12,21-23H2,1-2H3,(H,31,33)(H,35,36);13-19,21H,3-12,20,22-23H2,1-2H3,(H,31,33)(H,35,36). The molecule has 0 aliphatic heterocycles. The number of benzene rings is 4. The van der Waals surface area contributed by atoms with Gasteiger partial charge in [-0.3, -0.25) is 19.2 Å². The van der Waals surface area contributed by atoms with Gasteiger partial charge in [-0.2, -0.15) is 0 Å². The highest BCUT2D eigenvalue weighted by Crippen LogP contribution is 2.19. The Bertz CT molecular complexity index is 2250. The van der Waals surface area contributed by atoms with Crippen molar-refractivity contribution < 1.29 is 48.5 Å². The SMILES string of the molecule is CCCCCCCCCCCCNC(=O)c1ccc(CN(Cc2ccc(OC)cc2)C(=O)C(=O)O)cc1.CCCCCCCCCCCCNC(=O)c1cccc(CN(Cc2ccc(OC)cc2)C(=O)C(=O)O)c1. The van der Waals surface area contributed by atoms with Crippen LogP contribution in [0.3, 0.4) is 0 Å². The van der Waals surface area contributed by atoms with Crippen LogP contribution >= 0.6 is 0 Å². The van der Waals surface area contributed by atoms with Gasteiger partial charge < -0.3 is 40.1 Å². The molecular formula is C60H84N4O10. The second kappa shape index (κ2) is 37.1. The van der Waals surface area contributed by atoms with Crippen LogP contribution < -0.4 is 20.1 Å². The second-order valence-corrected chi connectivity index (χ2v) is 18.9. The van der Waals surface area contributed by atoms with Crippen molar-refractivity contribution >= 4 is 35.6 Å². The van der Waals surface area contributed by atoms with Crippen LogP contribution in [-0.4, -0.2) is 82.9 Å². The number of carboxylic acid groups (broad SMARTS) is 2. The molecule has 0 aromatic heterocycles. The summed E-state index contributed by atoms with van der Waals surface area (Å²) in [6.45, 7) is 6.23. The summed E-state index contributed by atoms with van der Waals surface area (Å²) in [5, 5.41) is 24.5. The number of amides is 4. The molecule has 0 spiro atoms. The van der Waals surface area contributed by atoms with E-state index in [2.05, 4.69) is 24.5 Å². The third-order valence-corrected chi connectivity index (χ3v) is 12.8. The number of nitrogens with zero attached hydrogens (tertiary/aromatic N) is 2. The predicted molar refractivity (Wildman–Crippen MR) is 291 cm³/mol. The first-order chi connectivity index (χ1) is 35.9. The Morgan fingerprint density at radius 1 is 0.405 bits per heavy atom. The lowest BCUT2D eigenvalue weighted by atomic mass is 10.1. The normalized spacial score (nSPS) is 10.6. The molecule has 0 bridgehead atoms. The summed E-state index contributed by atoms with van der Waals surface area (Å²) in [7, 11) is 3.13. The van der Waals surface area contributed by atoms with E-state index in [4.69, 9.17) is 9.47 Å². The molecule has 0 unspecified atom stereocenters. The monoisotopic (exact) mass is 1020 g/mol. The van der Waals surface area contributed by atoms with Crippen molar-refractivity contribution in [1.82, 2.24) is 20.4 Å². The van der Waals surface area contributed by atoms with Crippen LogP contribution in [0, 0.1) is 0 Å². The molecule has 4 N–H and O–H groups in total. The number of rotatable bonds is 34. The molecule has 4 aromatic rings. The van der Waals surface area contributed by atoms with Gasteiger partial charge in [0, 0.05) is 50.4 Å². The van der Waals surface area contributed by atoms with Crippen LogP contribution in [-0.2, 0) is 45.4 Å². The number of hydrogen-bond donors (Lipinski definition) is 4. The Morgan fingerprint density at radius 3 is 1.08 bits per heavy atom. The van der Waals surface area contributed by atoms with Gasteiger partial charge in [-0.15, -0.1) is 0 Å². The van der Waals surface area contributed by atoms with Gasteiger partial charge in [0.2, 0.25) is 0 Å². The third-order valence-electron chi connectivity index (χ3n) is 12.8. The molecule has 404 valence electrons. The lowest BCUT2D eigenvalue weighted by Gasteiger charge is -2.21. The molecule has 14 nitrogen and oxygen atoms in total. The summed E-state index contributed by atoms with van der Waals surface area (Å²) >= 11 is 0. The first kappa shape index (κ1) is 61.6. The molecule has 74 heavy (non-hydrogen) atoms. The van der Waals surface area contributed by atoms with Gasteiger partial charge in [0.25, 0.3) is 11.8 Å². The summed E-state index contributed by atoms with van der Waals surface area (Å²) in [6.07, 6.45) is 25.0. The first-order valence-electron chi connectivity index (χ1n) is 26.9. The van der Waals surface area contributed by atoms with Crippen molar-refractivity contribution in [2.75, 3.05) is 27.3 Å². The zero-order valence-electron chi connectivity index (χ0n) is 44.7. The number of nitrogens with one attached hydrogen (secondary N) is 2. The fourth-order valence-electron chi connectivity index (χ4n) is 8.42. The maximum atomic E-state index is 12.6. The van der Waals surface area contributed by atoms with E-state index >= 15 is 0 Å². The molecular weight excluding hydrogens is 937 g/mol. The molecule has 0 aliphatic carbocycles. The zero-order chi connectivity index (χ0) is 53.8. The minimum absolute atomic E-state index is 0.0801.